The molecule has 1 atom stereocenters. The zero-order valence-corrected chi connectivity index (χ0v) is 6.45. The third-order valence-electron chi connectivity index (χ3n) is 1.17. The number of benzene rings is 1. The van der Waals surface area contributed by atoms with Crippen LogP contribution in [0.1, 0.15) is 11.7 Å². The van der Waals surface area contributed by atoms with Crippen molar-refractivity contribution in [2.75, 3.05) is 0 Å². The molecule has 1 unspecified atom stereocenters. The molecule has 0 spiro atoms. The maximum absolute atomic E-state index is 10.6. The van der Waals surface area contributed by atoms with Gasteiger partial charge in [-0.3, -0.25) is 0 Å². The molecule has 1 radical (unpaired) electrons. The van der Waals surface area contributed by atoms with Gasteiger partial charge in [-0.1, -0.05) is 35.9 Å². The predicted molar refractivity (Wildman–Crippen MR) is 34.5 cm³/mol. The summed E-state index contributed by atoms with van der Waals surface area (Å²) in [6, 6.07) is 9.12. The molecule has 0 heterocycles. The summed E-state index contributed by atoms with van der Waals surface area (Å²) in [4.78, 5) is 0. The van der Waals surface area contributed by atoms with Gasteiger partial charge in [0.15, 0.2) is 0 Å². The molecule has 1 aromatic rings. The van der Waals surface area contributed by atoms with Gasteiger partial charge in [-0.2, -0.15) is 0 Å². The van der Waals surface area contributed by atoms with E-state index in [0.717, 1.165) is 5.56 Å². The summed E-state index contributed by atoms with van der Waals surface area (Å²) >= 11 is 0. The Bertz CT molecular complexity index is 172. The summed E-state index contributed by atoms with van der Waals surface area (Å²) in [6.07, 6.45) is -0.841. The van der Waals surface area contributed by atoms with E-state index >= 15 is 0 Å². The van der Waals surface area contributed by atoms with Gasteiger partial charge in [0, 0.05) is 0 Å². The van der Waals surface area contributed by atoms with Crippen molar-refractivity contribution in [3.05, 3.63) is 42.8 Å². The molecular formula is C8H8CoO. The van der Waals surface area contributed by atoms with Crippen LogP contribution in [0.4, 0.5) is 0 Å². The molecule has 2 heteroatoms. The first-order chi connectivity index (χ1) is 4.30. The van der Waals surface area contributed by atoms with Crippen LogP contribution in [0.3, 0.4) is 0 Å². The Hall–Kier alpha value is -0.314. The Kier molecular flexibility index (Phi) is 4.35. The first-order valence-corrected chi connectivity index (χ1v) is 2.84. The molecule has 0 aliphatic heterocycles. The largest absolute Gasteiger partial charge is 2.00 e. The summed E-state index contributed by atoms with van der Waals surface area (Å²) in [5.74, 6) is 0. The van der Waals surface area contributed by atoms with Crippen LogP contribution in [0.2, 0.25) is 0 Å². The first-order valence-electron chi connectivity index (χ1n) is 2.84. The van der Waals surface area contributed by atoms with Crippen LogP contribution in [0, 0.1) is 6.92 Å². The van der Waals surface area contributed by atoms with E-state index in [2.05, 4.69) is 6.92 Å². The van der Waals surface area contributed by atoms with Crippen LogP contribution in [0.5, 0.6) is 0 Å². The average Bonchev–Trinajstić information content (AvgIpc) is 1.90. The summed E-state index contributed by atoms with van der Waals surface area (Å²) in [5, 5.41) is 10.6. The fourth-order valence-electron chi connectivity index (χ4n) is 0.668. The van der Waals surface area contributed by atoms with Crippen LogP contribution < -0.4 is 5.11 Å². The second kappa shape index (κ2) is 4.49. The smallest absolute Gasteiger partial charge is 0.873 e. The molecule has 10 heavy (non-hydrogen) atoms. The van der Waals surface area contributed by atoms with Crippen molar-refractivity contribution in [3.63, 3.8) is 0 Å². The van der Waals surface area contributed by atoms with Crippen molar-refractivity contribution in [2.45, 2.75) is 6.10 Å². The van der Waals surface area contributed by atoms with Crippen LogP contribution in [-0.2, 0) is 16.8 Å². The topological polar surface area (TPSA) is 23.1 Å². The molecule has 1 rings (SSSR count). The number of hydrogen-bond acceptors (Lipinski definition) is 1. The van der Waals surface area contributed by atoms with Gasteiger partial charge < -0.3 is 12.0 Å². The van der Waals surface area contributed by atoms with Crippen LogP contribution in [0.25, 0.3) is 0 Å². The quantitative estimate of drug-likeness (QED) is 0.588. The molecule has 0 saturated carbocycles. The number of hydrogen-bond donors (Lipinski definition) is 0. The molecule has 1 aromatic carbocycles. The normalized spacial score (nSPS) is 11.8. The summed E-state index contributed by atoms with van der Waals surface area (Å²) in [7, 11) is 0. The second-order valence-electron chi connectivity index (χ2n) is 1.90. The Morgan fingerprint density at radius 1 is 1.20 bits per heavy atom. The van der Waals surface area contributed by atoms with Gasteiger partial charge in [-0.05, 0) is 0 Å². The van der Waals surface area contributed by atoms with E-state index in [9.17, 15) is 5.11 Å². The van der Waals surface area contributed by atoms with Crippen molar-refractivity contribution >= 4 is 0 Å². The molecule has 1 nitrogen and oxygen atoms in total. The molecule has 0 aromatic heterocycles. The Labute approximate surface area is 71.3 Å². The van der Waals surface area contributed by atoms with Gasteiger partial charge in [0.2, 0.25) is 0 Å². The van der Waals surface area contributed by atoms with Crippen molar-refractivity contribution in [1.82, 2.24) is 0 Å². The van der Waals surface area contributed by atoms with Crippen LogP contribution in [0.15, 0.2) is 30.3 Å². The standard InChI is InChI=1S/C8H8O.Co/c1-7(9)8-5-3-2-4-6-8;/h2-7H,1H2;/q-2;+2. The van der Waals surface area contributed by atoms with E-state index in [1.807, 2.05) is 18.2 Å². The molecule has 0 N–H and O–H groups in total. The van der Waals surface area contributed by atoms with E-state index in [4.69, 9.17) is 0 Å². The minimum absolute atomic E-state index is 0. The van der Waals surface area contributed by atoms with E-state index in [0.29, 0.717) is 0 Å². The van der Waals surface area contributed by atoms with Gasteiger partial charge in [-0.25, -0.2) is 6.10 Å². The van der Waals surface area contributed by atoms with Crippen LogP contribution >= 0.6 is 0 Å². The molecule has 0 saturated heterocycles. The monoisotopic (exact) mass is 179 g/mol. The fraction of sp³-hybridized carbons (Fsp3) is 0.125. The Balaban J connectivity index is 0.000000810. The molecule has 0 bridgehead atoms. The Morgan fingerprint density at radius 3 is 2.00 bits per heavy atom. The van der Waals surface area contributed by atoms with E-state index in [1.54, 1.807) is 12.1 Å². The molecule has 0 fully saturated rings. The minimum atomic E-state index is -0.841. The SMILES string of the molecule is [CH2-]C([O-])c1ccccc1.[Co+2]. The molecule has 0 amide bonds. The van der Waals surface area contributed by atoms with E-state index in [1.165, 1.54) is 0 Å². The first kappa shape index (κ1) is 9.69. The molecule has 55 valence electrons. The molecule has 0 aliphatic carbocycles. The second-order valence-corrected chi connectivity index (χ2v) is 1.90. The number of rotatable bonds is 1. The van der Waals surface area contributed by atoms with Crippen molar-refractivity contribution in [2.24, 2.45) is 0 Å². The molecular weight excluding hydrogens is 171 g/mol. The van der Waals surface area contributed by atoms with Gasteiger partial charge >= 0.3 is 16.8 Å². The maximum atomic E-state index is 10.6. The summed E-state index contributed by atoms with van der Waals surface area (Å²) in [6.45, 7) is 3.35. The summed E-state index contributed by atoms with van der Waals surface area (Å²) in [5.41, 5.74) is 0.748. The average molecular weight is 179 g/mol. The van der Waals surface area contributed by atoms with Crippen molar-refractivity contribution in [1.29, 1.82) is 0 Å². The molecule has 0 aliphatic rings. The Morgan fingerprint density at radius 2 is 1.70 bits per heavy atom. The maximum Gasteiger partial charge on any atom is 2.00 e. The fourth-order valence-corrected chi connectivity index (χ4v) is 0.668. The summed E-state index contributed by atoms with van der Waals surface area (Å²) < 4.78 is 0. The van der Waals surface area contributed by atoms with E-state index < -0.39 is 6.10 Å². The van der Waals surface area contributed by atoms with Crippen molar-refractivity contribution in [3.8, 4) is 0 Å². The predicted octanol–water partition coefficient (Wildman–Crippen LogP) is 0.920. The van der Waals surface area contributed by atoms with E-state index in [-0.39, 0.29) is 16.8 Å². The minimum Gasteiger partial charge on any atom is -0.873 e. The van der Waals surface area contributed by atoms with Crippen molar-refractivity contribution < 1.29 is 21.9 Å². The third kappa shape index (κ3) is 2.52. The van der Waals surface area contributed by atoms with Crippen LogP contribution in [-0.4, -0.2) is 0 Å². The zero-order valence-electron chi connectivity index (χ0n) is 5.41. The van der Waals surface area contributed by atoms with Gasteiger partial charge in [0.1, 0.15) is 0 Å². The van der Waals surface area contributed by atoms with Gasteiger partial charge in [0.05, 0.1) is 0 Å². The zero-order chi connectivity index (χ0) is 6.69. The third-order valence-corrected chi connectivity index (χ3v) is 1.17. The van der Waals surface area contributed by atoms with Gasteiger partial charge in [0.25, 0.3) is 0 Å². The van der Waals surface area contributed by atoms with Gasteiger partial charge in [-0.15, -0.1) is 0 Å².